The third-order valence-electron chi connectivity index (χ3n) is 15.8. The first kappa shape index (κ1) is 65.9. The van der Waals surface area contributed by atoms with Gasteiger partial charge in [0.1, 0.15) is 17.2 Å². The predicted octanol–water partition coefficient (Wildman–Crippen LogP) is 21.7. The minimum atomic E-state index is -4.29. The Labute approximate surface area is 530 Å². The molecule has 0 bridgehead atoms. The normalized spacial score (nSPS) is 11.6. The summed E-state index contributed by atoms with van der Waals surface area (Å²) in [6.45, 7) is 7.44. The van der Waals surface area contributed by atoms with Gasteiger partial charge >= 0.3 is 0 Å². The third-order valence-corrected chi connectivity index (χ3v) is 17.5. The maximum absolute atomic E-state index is 17.0. The first-order chi connectivity index (χ1) is 45.1. The number of ether oxygens (including phenoxy) is 4. The van der Waals surface area contributed by atoms with E-state index in [0.29, 0.717) is 22.3 Å². The molecule has 0 unspecified atom stereocenters. The van der Waals surface area contributed by atoms with E-state index in [0.717, 1.165) is 17.7 Å². The van der Waals surface area contributed by atoms with E-state index in [2.05, 4.69) is 4.74 Å². The average Bonchev–Trinajstić information content (AvgIpc) is 0.735. The van der Waals surface area contributed by atoms with Crippen LogP contribution < -0.4 is 18.9 Å². The smallest absolute Gasteiger partial charge is 0.206 e. The minimum Gasteiger partial charge on any atom is -0.495 e. The van der Waals surface area contributed by atoms with Gasteiger partial charge in [0.2, 0.25) is 79.4 Å². The molecule has 0 aliphatic rings. The van der Waals surface area contributed by atoms with Crippen LogP contribution in [0.1, 0.15) is 27.8 Å². The molecule has 484 valence electrons. The van der Waals surface area contributed by atoms with Crippen molar-refractivity contribution in [3.05, 3.63) is 266 Å². The van der Waals surface area contributed by atoms with Gasteiger partial charge in [-0.1, -0.05) is 121 Å². The molecule has 0 saturated carbocycles. The zero-order valence-electron chi connectivity index (χ0n) is 49.8. The Bertz CT molecular complexity index is 4830. The zero-order valence-corrected chi connectivity index (χ0v) is 50.6. The number of benzene rings is 11. The lowest BCUT2D eigenvalue weighted by Gasteiger charge is -2.27. The fraction of sp³-hybridized carbons (Fsp3) is 0.0833. The Kier molecular flexibility index (Phi) is 17.6. The van der Waals surface area contributed by atoms with Crippen molar-refractivity contribution in [2.24, 2.45) is 0 Å². The molecule has 95 heavy (non-hydrogen) atoms. The summed E-state index contributed by atoms with van der Waals surface area (Å²) in [7, 11) is -2.95. The lowest BCUT2D eigenvalue weighted by molar-refractivity contribution is 0.325. The van der Waals surface area contributed by atoms with E-state index in [1.165, 1.54) is 33.1 Å². The van der Waals surface area contributed by atoms with Gasteiger partial charge in [-0.25, -0.2) is 43.5 Å². The first-order valence-electron chi connectivity index (χ1n) is 28.1. The van der Waals surface area contributed by atoms with E-state index in [9.17, 15) is 8.42 Å². The van der Waals surface area contributed by atoms with Gasteiger partial charge in [-0.15, -0.1) is 0 Å². The average molecular weight is 1340 g/mol. The van der Waals surface area contributed by atoms with Gasteiger partial charge in [0.05, 0.1) is 39.2 Å². The van der Waals surface area contributed by atoms with Gasteiger partial charge in [-0.05, 0) is 109 Å². The third kappa shape index (κ3) is 11.1. The number of hydrogen-bond acceptors (Lipinski definition) is 6. The van der Waals surface area contributed by atoms with Crippen molar-refractivity contribution < 1.29 is 97.6 Å². The van der Waals surface area contributed by atoms with Crippen molar-refractivity contribution in [3.63, 3.8) is 0 Å². The molecule has 0 heterocycles. The lowest BCUT2D eigenvalue weighted by atomic mass is 9.83. The molecule has 0 N–H and O–H groups in total. The maximum atomic E-state index is 17.0. The molecule has 11 rings (SSSR count). The molecule has 23 heteroatoms. The predicted molar refractivity (Wildman–Crippen MR) is 320 cm³/mol. The van der Waals surface area contributed by atoms with Gasteiger partial charge in [-0.3, -0.25) is 0 Å². The van der Waals surface area contributed by atoms with Crippen LogP contribution in [0.2, 0.25) is 0 Å². The second-order valence-electron chi connectivity index (χ2n) is 21.5. The van der Waals surface area contributed by atoms with Crippen molar-refractivity contribution >= 4 is 9.84 Å². The number of sulfone groups is 1. The standard InChI is InChI=1S/C72H42F16O6S/c1-31-27-40(28-32(2)35(31)5)95(89,90)41-29-33(3)66(34(4)30-41)92-69-58(81)50(73)46(51(74)59(69)82)48-54(77)62(85)71(63(86)55(48)78)94-72-64(87)56(79)49(57(80)65(72)88)47-52(75)60(83)70(61(84)53(47)76)93-68-44(38-23-15-9-16-24-38)42(36-19-11-7-12-20-36)67(91-6)43(37-21-13-8-14-22-37)45(68)39-25-17-10-18-26-39/h7-30H,1-6H3. The van der Waals surface area contributed by atoms with E-state index in [1.54, 1.807) is 142 Å². The minimum absolute atomic E-state index is 0.00984. The van der Waals surface area contributed by atoms with Crippen molar-refractivity contribution in [2.45, 2.75) is 44.4 Å². The quantitative estimate of drug-likeness (QED) is 0.0752. The van der Waals surface area contributed by atoms with Crippen LogP contribution in [0.3, 0.4) is 0 Å². The highest BCUT2D eigenvalue weighted by Crippen LogP contribution is 2.58. The maximum Gasteiger partial charge on any atom is 0.206 e. The molecule has 0 saturated heterocycles. The fourth-order valence-electron chi connectivity index (χ4n) is 11.0. The molecule has 0 aliphatic carbocycles. The molecule has 0 aliphatic heterocycles. The SMILES string of the molecule is COc1c(-c2ccccc2)c(-c2ccccc2)c(Oc2c(F)c(F)c(-c3c(F)c(F)c(Oc4c(F)c(F)c(-c5c(F)c(F)c(Oc6c(C)cc(S(=O)(=O)c7cc(C)c(C)c(C)c7)cc6C)c(F)c5F)c(F)c4F)c(F)c3F)c(F)c2F)c(-c2ccccc2)c1-c1ccccc1. The van der Waals surface area contributed by atoms with E-state index < -0.39 is 160 Å². The highest BCUT2D eigenvalue weighted by molar-refractivity contribution is 7.91. The molecule has 11 aromatic rings. The highest BCUT2D eigenvalue weighted by Gasteiger charge is 2.41. The van der Waals surface area contributed by atoms with Gasteiger partial charge in [0.15, 0.2) is 46.5 Å². The molecule has 0 spiro atoms. The Morgan fingerprint density at radius 3 is 0.705 bits per heavy atom. The Hall–Kier alpha value is -10.6. The van der Waals surface area contributed by atoms with Crippen LogP contribution in [-0.2, 0) is 9.84 Å². The van der Waals surface area contributed by atoms with Gasteiger partial charge in [-0.2, -0.15) is 35.1 Å². The summed E-state index contributed by atoms with van der Waals surface area (Å²) in [6.07, 6.45) is 0. The largest absolute Gasteiger partial charge is 0.495 e. The molecule has 0 amide bonds. The fourth-order valence-corrected chi connectivity index (χ4v) is 12.6. The molecular weight excluding hydrogens is 1300 g/mol. The molecule has 6 nitrogen and oxygen atoms in total. The summed E-state index contributed by atoms with van der Waals surface area (Å²) in [5, 5.41) is 0. The van der Waals surface area contributed by atoms with E-state index in [-0.39, 0.29) is 60.0 Å². The van der Waals surface area contributed by atoms with Crippen molar-refractivity contribution in [3.8, 4) is 107 Å². The molecular formula is C72H42F16O6S. The summed E-state index contributed by atoms with van der Waals surface area (Å²) < 4.78 is 309. The summed E-state index contributed by atoms with van der Waals surface area (Å²) in [4.78, 5) is -0.494. The molecule has 0 fully saturated rings. The monoisotopic (exact) mass is 1340 g/mol. The van der Waals surface area contributed by atoms with Gasteiger partial charge in [0.25, 0.3) is 0 Å². The zero-order chi connectivity index (χ0) is 68.5. The Morgan fingerprint density at radius 2 is 0.463 bits per heavy atom. The van der Waals surface area contributed by atoms with Gasteiger partial charge in [0, 0.05) is 22.3 Å². The number of hydrogen-bond donors (Lipinski definition) is 0. The summed E-state index contributed by atoms with van der Waals surface area (Å²) in [6, 6.07) is 37.1. The van der Waals surface area contributed by atoms with Crippen LogP contribution in [0.15, 0.2) is 155 Å². The van der Waals surface area contributed by atoms with Crippen LogP contribution in [0.25, 0.3) is 66.8 Å². The van der Waals surface area contributed by atoms with Crippen LogP contribution >= 0.6 is 0 Å². The van der Waals surface area contributed by atoms with Crippen LogP contribution in [0.4, 0.5) is 70.2 Å². The molecule has 0 radical (unpaired) electrons. The van der Waals surface area contributed by atoms with E-state index in [1.807, 2.05) is 0 Å². The number of aryl methyl sites for hydroxylation is 4. The summed E-state index contributed by atoms with van der Waals surface area (Å²) >= 11 is 0. The van der Waals surface area contributed by atoms with Crippen molar-refractivity contribution in [1.82, 2.24) is 0 Å². The van der Waals surface area contributed by atoms with Crippen LogP contribution in [0, 0.1) is 128 Å². The molecule has 0 atom stereocenters. The topological polar surface area (TPSA) is 71.1 Å². The number of methoxy groups -OCH3 is 1. The summed E-state index contributed by atoms with van der Waals surface area (Å²) in [5.74, 6) is -56.2. The number of rotatable bonds is 15. The second-order valence-corrected chi connectivity index (χ2v) is 23.5. The Morgan fingerprint density at radius 1 is 0.253 bits per heavy atom. The highest BCUT2D eigenvalue weighted by atomic mass is 32.2. The second kappa shape index (κ2) is 25.4. The van der Waals surface area contributed by atoms with Crippen molar-refractivity contribution in [1.29, 1.82) is 0 Å². The molecule has 11 aromatic carbocycles. The first-order valence-corrected chi connectivity index (χ1v) is 29.5. The Balaban J connectivity index is 0.984. The lowest BCUT2D eigenvalue weighted by Crippen LogP contribution is -2.12. The van der Waals surface area contributed by atoms with E-state index in [4.69, 9.17) is 14.2 Å². The van der Waals surface area contributed by atoms with E-state index >= 15 is 70.2 Å². The van der Waals surface area contributed by atoms with Crippen LogP contribution in [-0.4, -0.2) is 15.5 Å². The molecule has 0 aromatic heterocycles. The summed E-state index contributed by atoms with van der Waals surface area (Å²) in [5.41, 5.74) is -6.86. The number of halogens is 16. The van der Waals surface area contributed by atoms with Crippen molar-refractivity contribution in [2.75, 3.05) is 7.11 Å². The van der Waals surface area contributed by atoms with Crippen LogP contribution in [0.5, 0.6) is 40.2 Å². The van der Waals surface area contributed by atoms with Gasteiger partial charge < -0.3 is 18.9 Å².